The Hall–Kier alpha value is -1.88. The van der Waals surface area contributed by atoms with Crippen molar-refractivity contribution in [1.82, 2.24) is 0 Å². The van der Waals surface area contributed by atoms with Crippen molar-refractivity contribution in [3.63, 3.8) is 0 Å². The zero-order valence-electron chi connectivity index (χ0n) is 12.0. The number of hydrogen-bond donors (Lipinski definition) is 2. The first-order valence-electron chi connectivity index (χ1n) is 6.95. The van der Waals surface area contributed by atoms with E-state index in [0.717, 1.165) is 36.3 Å². The monoisotopic (exact) mass is 275 g/mol. The number of nitrogens with one attached hydrogen (secondary N) is 1. The largest absolute Gasteiger partial charge is 0.330 e. The second-order valence-electron chi connectivity index (χ2n) is 5.24. The predicted molar refractivity (Wildman–Crippen MR) is 79.6 cm³/mol. The van der Waals surface area contributed by atoms with E-state index in [4.69, 9.17) is 5.73 Å². The molecule has 0 spiro atoms. The Morgan fingerprint density at radius 2 is 2.20 bits per heavy atom. The van der Waals surface area contributed by atoms with Gasteiger partial charge in [-0.3, -0.25) is 9.59 Å². The van der Waals surface area contributed by atoms with E-state index in [1.165, 1.54) is 0 Å². The van der Waals surface area contributed by atoms with Crippen molar-refractivity contribution in [3.05, 3.63) is 23.8 Å². The molecular formula is C15H21N3O2. The van der Waals surface area contributed by atoms with Gasteiger partial charge in [0, 0.05) is 37.3 Å². The van der Waals surface area contributed by atoms with Crippen LogP contribution in [0, 0.1) is 5.92 Å². The van der Waals surface area contributed by atoms with Gasteiger partial charge in [-0.2, -0.15) is 0 Å². The van der Waals surface area contributed by atoms with Gasteiger partial charge in [0.05, 0.1) is 0 Å². The highest BCUT2D eigenvalue weighted by Crippen LogP contribution is 2.29. The van der Waals surface area contributed by atoms with Crippen molar-refractivity contribution in [2.75, 3.05) is 23.3 Å². The lowest BCUT2D eigenvalue weighted by Crippen LogP contribution is -2.33. The van der Waals surface area contributed by atoms with Gasteiger partial charge in [0.1, 0.15) is 0 Å². The molecule has 2 amide bonds. The molecule has 20 heavy (non-hydrogen) atoms. The van der Waals surface area contributed by atoms with Gasteiger partial charge in [-0.15, -0.1) is 0 Å². The summed E-state index contributed by atoms with van der Waals surface area (Å²) in [6, 6.07) is 5.69. The standard InChI is InChI=1S/C15H21N3O2/c1-10(9-16)15(20)17-13-5-6-14-12(8-13)4-3-7-18(14)11(2)19/h5-6,8,10H,3-4,7,9,16H2,1-2H3,(H,17,20). The van der Waals surface area contributed by atoms with Gasteiger partial charge in [-0.1, -0.05) is 6.92 Å². The zero-order chi connectivity index (χ0) is 14.7. The van der Waals surface area contributed by atoms with Crippen molar-refractivity contribution in [2.45, 2.75) is 26.7 Å². The summed E-state index contributed by atoms with van der Waals surface area (Å²) in [4.78, 5) is 25.2. The molecule has 0 fully saturated rings. The number of amides is 2. The molecule has 108 valence electrons. The van der Waals surface area contributed by atoms with Crippen LogP contribution in [0.1, 0.15) is 25.8 Å². The summed E-state index contributed by atoms with van der Waals surface area (Å²) >= 11 is 0. The van der Waals surface area contributed by atoms with E-state index in [1.54, 1.807) is 18.7 Å². The van der Waals surface area contributed by atoms with Crippen LogP contribution in [-0.2, 0) is 16.0 Å². The smallest absolute Gasteiger partial charge is 0.228 e. The second-order valence-corrected chi connectivity index (χ2v) is 5.24. The number of benzene rings is 1. The van der Waals surface area contributed by atoms with E-state index in [-0.39, 0.29) is 17.7 Å². The first-order chi connectivity index (χ1) is 9.52. The molecule has 0 bridgehead atoms. The number of hydrogen-bond acceptors (Lipinski definition) is 3. The van der Waals surface area contributed by atoms with Crippen LogP contribution in [0.15, 0.2) is 18.2 Å². The molecule has 0 radical (unpaired) electrons. The van der Waals surface area contributed by atoms with E-state index in [0.29, 0.717) is 6.54 Å². The van der Waals surface area contributed by atoms with Gasteiger partial charge in [0.2, 0.25) is 11.8 Å². The summed E-state index contributed by atoms with van der Waals surface area (Å²) in [5.74, 6) is -0.231. The van der Waals surface area contributed by atoms with E-state index in [2.05, 4.69) is 5.32 Å². The molecule has 5 nitrogen and oxygen atoms in total. The maximum Gasteiger partial charge on any atom is 0.228 e. The Balaban J connectivity index is 2.20. The minimum Gasteiger partial charge on any atom is -0.330 e. The molecule has 0 aromatic heterocycles. The summed E-state index contributed by atoms with van der Waals surface area (Å²) in [5, 5.41) is 2.86. The lowest BCUT2D eigenvalue weighted by atomic mass is 10.0. The molecule has 2 rings (SSSR count). The third-order valence-corrected chi connectivity index (χ3v) is 3.65. The normalized spacial score (nSPS) is 15.4. The minimum absolute atomic E-state index is 0.0551. The highest BCUT2D eigenvalue weighted by atomic mass is 16.2. The SMILES string of the molecule is CC(=O)N1CCCc2cc(NC(=O)C(C)CN)ccc21. The number of carbonyl (C=O) groups excluding carboxylic acids is 2. The van der Waals surface area contributed by atoms with Gasteiger partial charge >= 0.3 is 0 Å². The van der Waals surface area contributed by atoms with Gasteiger partial charge in [-0.05, 0) is 36.6 Å². The number of carbonyl (C=O) groups is 2. The van der Waals surface area contributed by atoms with E-state index >= 15 is 0 Å². The van der Waals surface area contributed by atoms with Crippen molar-refractivity contribution >= 4 is 23.2 Å². The topological polar surface area (TPSA) is 75.4 Å². The molecule has 5 heteroatoms. The van der Waals surface area contributed by atoms with E-state index < -0.39 is 0 Å². The molecule has 1 atom stereocenters. The van der Waals surface area contributed by atoms with Crippen molar-refractivity contribution in [1.29, 1.82) is 0 Å². The Morgan fingerprint density at radius 3 is 2.85 bits per heavy atom. The van der Waals surface area contributed by atoms with Crippen LogP contribution < -0.4 is 16.0 Å². The summed E-state index contributed by atoms with van der Waals surface area (Å²) in [6.45, 7) is 4.46. The Kier molecular flexibility index (Phi) is 4.39. The molecule has 0 saturated carbocycles. The van der Waals surface area contributed by atoms with Crippen LogP contribution in [-0.4, -0.2) is 24.9 Å². The fraction of sp³-hybridized carbons (Fsp3) is 0.467. The third-order valence-electron chi connectivity index (χ3n) is 3.65. The third kappa shape index (κ3) is 2.99. The average molecular weight is 275 g/mol. The quantitative estimate of drug-likeness (QED) is 0.878. The predicted octanol–water partition coefficient (Wildman–Crippen LogP) is 1.52. The van der Waals surface area contributed by atoms with Crippen LogP contribution in [0.5, 0.6) is 0 Å². The first-order valence-corrected chi connectivity index (χ1v) is 6.95. The molecule has 1 aromatic rings. The maximum atomic E-state index is 11.8. The number of nitrogens with zero attached hydrogens (tertiary/aromatic N) is 1. The second kappa shape index (κ2) is 6.05. The lowest BCUT2D eigenvalue weighted by Gasteiger charge is -2.29. The highest BCUT2D eigenvalue weighted by molar-refractivity contribution is 5.95. The molecule has 0 aliphatic carbocycles. The first kappa shape index (κ1) is 14.5. The molecule has 1 aliphatic rings. The van der Waals surface area contributed by atoms with Gasteiger partial charge in [0.15, 0.2) is 0 Å². The van der Waals surface area contributed by atoms with Crippen molar-refractivity contribution in [2.24, 2.45) is 11.7 Å². The summed E-state index contributed by atoms with van der Waals surface area (Å²) in [6.07, 6.45) is 1.87. The molecule has 1 aromatic carbocycles. The maximum absolute atomic E-state index is 11.8. The molecule has 1 heterocycles. The number of fused-ring (bicyclic) bond motifs is 1. The van der Waals surface area contributed by atoms with Crippen LogP contribution in [0.3, 0.4) is 0 Å². The van der Waals surface area contributed by atoms with Crippen molar-refractivity contribution < 1.29 is 9.59 Å². The fourth-order valence-corrected chi connectivity index (χ4v) is 2.37. The zero-order valence-corrected chi connectivity index (χ0v) is 12.0. The average Bonchev–Trinajstić information content (AvgIpc) is 2.45. The molecule has 1 unspecified atom stereocenters. The van der Waals surface area contributed by atoms with Gasteiger partial charge in [0.25, 0.3) is 0 Å². The van der Waals surface area contributed by atoms with E-state index in [9.17, 15) is 9.59 Å². The van der Waals surface area contributed by atoms with Gasteiger partial charge in [-0.25, -0.2) is 0 Å². The fourth-order valence-electron chi connectivity index (χ4n) is 2.37. The number of anilines is 2. The molecule has 3 N–H and O–H groups in total. The highest BCUT2D eigenvalue weighted by Gasteiger charge is 2.20. The summed E-state index contributed by atoms with van der Waals surface area (Å²) in [7, 11) is 0. The lowest BCUT2D eigenvalue weighted by molar-refractivity contribution is -0.119. The molecule has 1 aliphatic heterocycles. The van der Waals surface area contributed by atoms with E-state index in [1.807, 2.05) is 18.2 Å². The van der Waals surface area contributed by atoms with Crippen molar-refractivity contribution in [3.8, 4) is 0 Å². The Bertz CT molecular complexity index is 528. The van der Waals surface area contributed by atoms with Crippen LogP contribution in [0.2, 0.25) is 0 Å². The molecule has 0 saturated heterocycles. The van der Waals surface area contributed by atoms with Crippen LogP contribution >= 0.6 is 0 Å². The number of nitrogens with two attached hydrogens (primary N) is 1. The Labute approximate surface area is 119 Å². The minimum atomic E-state index is -0.209. The van der Waals surface area contributed by atoms with Crippen LogP contribution in [0.4, 0.5) is 11.4 Å². The number of rotatable bonds is 3. The molecular weight excluding hydrogens is 254 g/mol. The number of aryl methyl sites for hydroxylation is 1. The summed E-state index contributed by atoms with van der Waals surface area (Å²) in [5.41, 5.74) is 8.30. The van der Waals surface area contributed by atoms with Crippen LogP contribution in [0.25, 0.3) is 0 Å². The summed E-state index contributed by atoms with van der Waals surface area (Å²) < 4.78 is 0. The van der Waals surface area contributed by atoms with Gasteiger partial charge < -0.3 is 16.0 Å². The Morgan fingerprint density at radius 1 is 1.45 bits per heavy atom.